The van der Waals surface area contributed by atoms with E-state index < -0.39 is 8.80 Å². The summed E-state index contributed by atoms with van der Waals surface area (Å²) < 4.78 is 11.2. The highest BCUT2D eigenvalue weighted by atomic mass is 28.3. The Morgan fingerprint density at radius 3 is 2.82 bits per heavy atom. The maximum Gasteiger partial charge on any atom is 0.117 e. The van der Waals surface area contributed by atoms with Crippen LogP contribution in [-0.2, 0) is 9.47 Å². The summed E-state index contributed by atoms with van der Waals surface area (Å²) in [4.78, 5) is 2.52. The van der Waals surface area contributed by atoms with Gasteiger partial charge in [-0.1, -0.05) is 48.2 Å². The molecule has 1 aliphatic rings. The second-order valence-corrected chi connectivity index (χ2v) is 8.12. The molecule has 0 N–H and O–H groups in total. The van der Waals surface area contributed by atoms with E-state index in [1.807, 2.05) is 6.08 Å². The number of hydrogen-bond donors (Lipinski definition) is 0. The number of hydrogen-bond acceptors (Lipinski definition) is 3. The first-order valence-corrected chi connectivity index (χ1v) is 10.2. The van der Waals surface area contributed by atoms with Crippen molar-refractivity contribution in [3.8, 4) is 0 Å². The van der Waals surface area contributed by atoms with Gasteiger partial charge < -0.3 is 9.47 Å². The fourth-order valence-electron chi connectivity index (χ4n) is 2.85. The molecule has 3 nitrogen and oxygen atoms in total. The zero-order valence-electron chi connectivity index (χ0n) is 13.7. The predicted octanol–water partition coefficient (Wildman–Crippen LogP) is 2.33. The standard InChI is InChI=1S/C18H28NO2Si/c1-3-17-8-5-6-9-18(17)22(16-20-4-2)15-7-10-19-11-13-21-14-12-19/h3,5-6,8-9H,1,4,7,10-16H2,2H3. The van der Waals surface area contributed by atoms with Gasteiger partial charge in [0, 0.05) is 25.9 Å². The van der Waals surface area contributed by atoms with E-state index >= 15 is 0 Å². The lowest BCUT2D eigenvalue weighted by molar-refractivity contribution is 0.0379. The number of morpholine rings is 1. The molecule has 4 heteroatoms. The summed E-state index contributed by atoms with van der Waals surface area (Å²) in [5.41, 5.74) is 1.28. The molecule has 0 unspecified atom stereocenters. The highest BCUT2D eigenvalue weighted by Gasteiger charge is 2.18. The molecule has 0 atom stereocenters. The third-order valence-electron chi connectivity index (χ3n) is 4.10. The molecule has 0 amide bonds. The van der Waals surface area contributed by atoms with Crippen molar-refractivity contribution in [3.05, 3.63) is 36.4 Å². The molecule has 0 bridgehead atoms. The van der Waals surface area contributed by atoms with Gasteiger partial charge >= 0.3 is 0 Å². The van der Waals surface area contributed by atoms with Crippen LogP contribution >= 0.6 is 0 Å². The van der Waals surface area contributed by atoms with Crippen LogP contribution in [0.25, 0.3) is 6.08 Å². The molecule has 1 heterocycles. The van der Waals surface area contributed by atoms with E-state index in [-0.39, 0.29) is 0 Å². The van der Waals surface area contributed by atoms with Gasteiger partial charge in [-0.3, -0.25) is 4.90 Å². The van der Waals surface area contributed by atoms with Crippen LogP contribution in [-0.4, -0.2) is 59.4 Å². The Hall–Kier alpha value is -0.943. The minimum Gasteiger partial charge on any atom is -0.385 e. The Labute approximate surface area is 136 Å². The second-order valence-electron chi connectivity index (χ2n) is 5.59. The minimum absolute atomic E-state index is 0.678. The van der Waals surface area contributed by atoms with Gasteiger partial charge in [-0.25, -0.2) is 0 Å². The fraction of sp³-hybridized carbons (Fsp3) is 0.556. The molecule has 1 aliphatic heterocycles. The summed E-state index contributed by atoms with van der Waals surface area (Å²) >= 11 is 0. The predicted molar refractivity (Wildman–Crippen MR) is 95.1 cm³/mol. The number of ether oxygens (including phenoxy) is 2. The monoisotopic (exact) mass is 318 g/mol. The molecule has 0 spiro atoms. The van der Waals surface area contributed by atoms with Gasteiger partial charge in [0.1, 0.15) is 8.80 Å². The van der Waals surface area contributed by atoms with Gasteiger partial charge in [0.15, 0.2) is 0 Å². The first-order valence-electron chi connectivity index (χ1n) is 8.29. The Morgan fingerprint density at radius 2 is 2.09 bits per heavy atom. The van der Waals surface area contributed by atoms with Gasteiger partial charge in [0.25, 0.3) is 0 Å². The van der Waals surface area contributed by atoms with Gasteiger partial charge in [0.05, 0.1) is 13.2 Å². The van der Waals surface area contributed by atoms with Crippen molar-refractivity contribution in [2.24, 2.45) is 0 Å². The Kier molecular flexibility index (Phi) is 7.87. The van der Waals surface area contributed by atoms with Crippen molar-refractivity contribution in [1.29, 1.82) is 0 Å². The van der Waals surface area contributed by atoms with Crippen LogP contribution in [0.3, 0.4) is 0 Å². The van der Waals surface area contributed by atoms with Crippen LogP contribution < -0.4 is 5.19 Å². The lowest BCUT2D eigenvalue weighted by atomic mass is 10.2. The average Bonchev–Trinajstić information content (AvgIpc) is 2.59. The third-order valence-corrected chi connectivity index (χ3v) is 6.83. The second kappa shape index (κ2) is 9.95. The smallest absolute Gasteiger partial charge is 0.117 e. The summed E-state index contributed by atoms with van der Waals surface area (Å²) in [5, 5.41) is 1.47. The van der Waals surface area contributed by atoms with Crippen molar-refractivity contribution in [2.45, 2.75) is 19.4 Å². The summed E-state index contributed by atoms with van der Waals surface area (Å²) in [5.74, 6) is 0. The van der Waals surface area contributed by atoms with E-state index in [1.165, 1.54) is 29.8 Å². The molecular weight excluding hydrogens is 290 g/mol. The normalized spacial score (nSPS) is 16.1. The summed E-state index contributed by atoms with van der Waals surface area (Å²) in [7, 11) is -0.678. The van der Waals surface area contributed by atoms with E-state index in [4.69, 9.17) is 9.47 Å². The van der Waals surface area contributed by atoms with Crippen LogP contribution in [0, 0.1) is 0 Å². The first kappa shape index (κ1) is 17.4. The molecule has 0 aliphatic carbocycles. The number of nitrogens with zero attached hydrogens (tertiary/aromatic N) is 1. The van der Waals surface area contributed by atoms with Crippen molar-refractivity contribution in [1.82, 2.24) is 4.90 Å². The van der Waals surface area contributed by atoms with Gasteiger partial charge in [-0.05, 0) is 25.5 Å². The molecule has 121 valence electrons. The Morgan fingerprint density at radius 1 is 1.32 bits per heavy atom. The lowest BCUT2D eigenvalue weighted by Crippen LogP contribution is -2.40. The quantitative estimate of drug-likeness (QED) is 0.652. The van der Waals surface area contributed by atoms with Crippen LogP contribution in [0.1, 0.15) is 18.9 Å². The zero-order chi connectivity index (χ0) is 15.6. The highest BCUT2D eigenvalue weighted by molar-refractivity contribution is 6.73. The molecule has 1 aromatic rings. The number of rotatable bonds is 9. The van der Waals surface area contributed by atoms with E-state index in [0.29, 0.717) is 0 Å². The Balaban J connectivity index is 1.91. The number of benzene rings is 1. The molecule has 1 saturated heterocycles. The van der Waals surface area contributed by atoms with E-state index in [1.54, 1.807) is 0 Å². The van der Waals surface area contributed by atoms with Gasteiger partial charge in [-0.2, -0.15) is 0 Å². The highest BCUT2D eigenvalue weighted by Crippen LogP contribution is 2.08. The topological polar surface area (TPSA) is 21.7 Å². The molecule has 2 rings (SSSR count). The maximum absolute atomic E-state index is 5.77. The summed E-state index contributed by atoms with van der Waals surface area (Å²) in [6, 6.07) is 9.92. The van der Waals surface area contributed by atoms with Crippen molar-refractivity contribution in [2.75, 3.05) is 45.7 Å². The largest absolute Gasteiger partial charge is 0.385 e. The maximum atomic E-state index is 5.77. The molecule has 1 fully saturated rings. The van der Waals surface area contributed by atoms with Gasteiger partial charge in [-0.15, -0.1) is 0 Å². The minimum atomic E-state index is -0.678. The summed E-state index contributed by atoms with van der Waals surface area (Å²) in [6.07, 6.45) is 4.12. The summed E-state index contributed by atoms with van der Waals surface area (Å²) in [6.45, 7) is 11.9. The van der Waals surface area contributed by atoms with Crippen LogP contribution in [0.15, 0.2) is 30.8 Å². The van der Waals surface area contributed by atoms with E-state index in [2.05, 4.69) is 42.7 Å². The van der Waals surface area contributed by atoms with Gasteiger partial charge in [0.2, 0.25) is 0 Å². The molecular formula is C18H28NO2Si. The van der Waals surface area contributed by atoms with Crippen molar-refractivity contribution >= 4 is 20.1 Å². The van der Waals surface area contributed by atoms with Crippen LogP contribution in [0.5, 0.6) is 0 Å². The molecule has 1 aromatic carbocycles. The van der Waals surface area contributed by atoms with Crippen molar-refractivity contribution in [3.63, 3.8) is 0 Å². The van der Waals surface area contributed by atoms with E-state index in [0.717, 1.165) is 39.1 Å². The SMILES string of the molecule is C=Cc1ccccc1[Si](CCCN1CCOCC1)COCC. The molecule has 0 aromatic heterocycles. The lowest BCUT2D eigenvalue weighted by Gasteiger charge is -2.27. The molecule has 0 saturated carbocycles. The fourth-order valence-corrected chi connectivity index (χ4v) is 5.38. The third kappa shape index (κ3) is 5.36. The first-order chi connectivity index (χ1) is 10.8. The zero-order valence-corrected chi connectivity index (χ0v) is 14.7. The molecule has 1 radical (unpaired) electrons. The Bertz CT molecular complexity index is 446. The van der Waals surface area contributed by atoms with Crippen molar-refractivity contribution < 1.29 is 9.47 Å². The van der Waals surface area contributed by atoms with Crippen LogP contribution in [0.4, 0.5) is 0 Å². The van der Waals surface area contributed by atoms with E-state index in [9.17, 15) is 0 Å². The van der Waals surface area contributed by atoms with Crippen LogP contribution in [0.2, 0.25) is 6.04 Å². The molecule has 22 heavy (non-hydrogen) atoms. The average molecular weight is 319 g/mol.